The van der Waals surface area contributed by atoms with Crippen LogP contribution in [0.2, 0.25) is 5.02 Å². The minimum absolute atomic E-state index is 0.381. The van der Waals surface area contributed by atoms with Gasteiger partial charge in [-0.2, -0.15) is 0 Å². The van der Waals surface area contributed by atoms with Crippen molar-refractivity contribution in [3.8, 4) is 0 Å². The molecule has 1 aliphatic rings. The number of halogens is 2. The van der Waals surface area contributed by atoms with Crippen molar-refractivity contribution in [3.63, 3.8) is 0 Å². The van der Waals surface area contributed by atoms with Crippen LogP contribution in [-0.4, -0.2) is 22.5 Å². The van der Waals surface area contributed by atoms with E-state index in [1.807, 2.05) is 0 Å². The zero-order chi connectivity index (χ0) is 13.3. The first-order valence-electron chi connectivity index (χ1n) is 5.45. The van der Waals surface area contributed by atoms with E-state index in [4.69, 9.17) is 16.7 Å². The highest BCUT2D eigenvalue weighted by molar-refractivity contribution is 9.10. The second-order valence-electron chi connectivity index (χ2n) is 4.32. The molecule has 1 aromatic rings. The Balaban J connectivity index is 2.19. The molecule has 0 heterocycles. The number of rotatable bonds is 3. The highest BCUT2D eigenvalue weighted by Crippen LogP contribution is 2.33. The van der Waals surface area contributed by atoms with Crippen molar-refractivity contribution in [2.24, 2.45) is 0 Å². The summed E-state index contributed by atoms with van der Waals surface area (Å²) in [5.41, 5.74) is -0.720. The maximum Gasteiger partial charge on any atom is 0.329 e. The summed E-state index contributed by atoms with van der Waals surface area (Å²) in [6.07, 6.45) is 1.76. The van der Waals surface area contributed by atoms with E-state index in [1.54, 1.807) is 18.2 Å². The van der Waals surface area contributed by atoms with Crippen molar-refractivity contribution in [2.75, 3.05) is 0 Å². The van der Waals surface area contributed by atoms with Crippen LogP contribution >= 0.6 is 27.5 Å². The molecule has 1 aliphatic carbocycles. The van der Waals surface area contributed by atoms with Crippen molar-refractivity contribution >= 4 is 39.4 Å². The van der Waals surface area contributed by atoms with Crippen molar-refractivity contribution in [1.82, 2.24) is 5.32 Å². The number of carbonyl (C=O) groups is 2. The monoisotopic (exact) mass is 331 g/mol. The number of hydrogen-bond donors (Lipinski definition) is 2. The molecule has 0 unspecified atom stereocenters. The summed E-state index contributed by atoms with van der Waals surface area (Å²) in [6, 6.07) is 4.76. The molecule has 0 bridgehead atoms. The lowest BCUT2D eigenvalue weighted by Crippen LogP contribution is -2.59. The third kappa shape index (κ3) is 2.37. The summed E-state index contributed by atoms with van der Waals surface area (Å²) >= 11 is 9.03. The first-order chi connectivity index (χ1) is 8.44. The van der Waals surface area contributed by atoms with Crippen molar-refractivity contribution in [2.45, 2.75) is 24.8 Å². The fraction of sp³-hybridized carbons (Fsp3) is 0.333. The van der Waals surface area contributed by atoms with E-state index < -0.39 is 17.4 Å². The molecule has 0 radical (unpaired) electrons. The molecule has 4 nitrogen and oxygen atoms in total. The number of carboxylic acids is 1. The molecule has 2 N–H and O–H groups in total. The number of benzene rings is 1. The molecule has 0 saturated heterocycles. The van der Waals surface area contributed by atoms with E-state index in [-0.39, 0.29) is 0 Å². The van der Waals surface area contributed by atoms with Gasteiger partial charge < -0.3 is 10.4 Å². The molecule has 0 atom stereocenters. The first kappa shape index (κ1) is 13.4. The Morgan fingerprint density at radius 2 is 2.06 bits per heavy atom. The molecule has 2 rings (SSSR count). The van der Waals surface area contributed by atoms with Crippen molar-refractivity contribution < 1.29 is 14.7 Å². The Labute approximate surface area is 117 Å². The number of carboxylic acid groups (broad SMARTS) is 1. The van der Waals surface area contributed by atoms with Gasteiger partial charge in [-0.25, -0.2) is 4.79 Å². The van der Waals surface area contributed by atoms with Crippen LogP contribution in [0.25, 0.3) is 0 Å². The van der Waals surface area contributed by atoms with Gasteiger partial charge in [0.2, 0.25) is 0 Å². The van der Waals surface area contributed by atoms with Crippen LogP contribution in [-0.2, 0) is 4.79 Å². The van der Waals surface area contributed by atoms with E-state index >= 15 is 0 Å². The van der Waals surface area contributed by atoms with Gasteiger partial charge in [-0.05, 0) is 53.4 Å². The zero-order valence-corrected chi connectivity index (χ0v) is 11.7. The highest BCUT2D eigenvalue weighted by atomic mass is 79.9. The standard InChI is InChI=1S/C12H11BrClNO3/c13-9-6-7(14)2-3-8(9)10(16)15-12(11(17)18)4-1-5-12/h2-3,6H,1,4-5H2,(H,15,16)(H,17,18). The Morgan fingerprint density at radius 1 is 1.39 bits per heavy atom. The van der Waals surface area contributed by atoms with Crippen LogP contribution < -0.4 is 5.32 Å². The van der Waals surface area contributed by atoms with Crippen LogP contribution in [0.5, 0.6) is 0 Å². The van der Waals surface area contributed by atoms with Crippen molar-refractivity contribution in [3.05, 3.63) is 33.3 Å². The van der Waals surface area contributed by atoms with Gasteiger partial charge in [-0.15, -0.1) is 0 Å². The highest BCUT2D eigenvalue weighted by Gasteiger charge is 2.45. The third-order valence-electron chi connectivity index (χ3n) is 3.15. The molecule has 1 fully saturated rings. The number of nitrogens with one attached hydrogen (secondary N) is 1. The van der Waals surface area contributed by atoms with E-state index in [1.165, 1.54) is 0 Å². The van der Waals surface area contributed by atoms with Gasteiger partial charge in [0.05, 0.1) is 5.56 Å². The van der Waals surface area contributed by atoms with Crippen molar-refractivity contribution in [1.29, 1.82) is 0 Å². The van der Waals surface area contributed by atoms with Gasteiger partial charge >= 0.3 is 5.97 Å². The van der Waals surface area contributed by atoms with Gasteiger partial charge in [0.1, 0.15) is 5.54 Å². The molecule has 0 spiro atoms. The predicted octanol–water partition coefficient (Wildman–Crippen LogP) is 2.84. The Morgan fingerprint density at radius 3 is 2.50 bits per heavy atom. The second kappa shape index (κ2) is 4.90. The molecule has 6 heteroatoms. The van der Waals surface area contributed by atoms with E-state index in [0.717, 1.165) is 6.42 Å². The van der Waals surface area contributed by atoms with E-state index in [2.05, 4.69) is 21.2 Å². The lowest BCUT2D eigenvalue weighted by Gasteiger charge is -2.38. The smallest absolute Gasteiger partial charge is 0.329 e. The number of amides is 1. The average Bonchev–Trinajstić information content (AvgIpc) is 2.22. The minimum Gasteiger partial charge on any atom is -0.480 e. The number of carbonyl (C=O) groups excluding carboxylic acids is 1. The maximum atomic E-state index is 12.0. The summed E-state index contributed by atoms with van der Waals surface area (Å²) in [7, 11) is 0. The summed E-state index contributed by atoms with van der Waals surface area (Å²) in [5.74, 6) is -1.38. The molecule has 1 aromatic carbocycles. The molecule has 1 amide bonds. The Hall–Kier alpha value is -1.07. The largest absolute Gasteiger partial charge is 0.480 e. The fourth-order valence-corrected chi connectivity index (χ4v) is 2.74. The Kier molecular flexibility index (Phi) is 3.64. The van der Waals surface area contributed by atoms with Gasteiger partial charge in [-0.3, -0.25) is 4.79 Å². The van der Waals surface area contributed by atoms with E-state index in [9.17, 15) is 9.59 Å². The van der Waals surface area contributed by atoms with Gasteiger partial charge in [0.15, 0.2) is 0 Å². The summed E-state index contributed by atoms with van der Waals surface area (Å²) in [5, 5.41) is 12.2. The quantitative estimate of drug-likeness (QED) is 0.894. The third-order valence-corrected chi connectivity index (χ3v) is 4.04. The molecule has 0 aliphatic heterocycles. The lowest BCUT2D eigenvalue weighted by atomic mass is 9.76. The summed E-state index contributed by atoms with van der Waals surface area (Å²) in [4.78, 5) is 23.2. The molecular weight excluding hydrogens is 321 g/mol. The van der Waals surface area contributed by atoms with Crippen LogP contribution in [0.3, 0.4) is 0 Å². The molecular formula is C12H11BrClNO3. The maximum absolute atomic E-state index is 12.0. The molecule has 18 heavy (non-hydrogen) atoms. The number of aliphatic carboxylic acids is 1. The second-order valence-corrected chi connectivity index (χ2v) is 5.61. The van der Waals surface area contributed by atoms with Gasteiger partial charge in [0, 0.05) is 9.50 Å². The van der Waals surface area contributed by atoms with E-state index in [0.29, 0.717) is 27.9 Å². The normalized spacial score (nSPS) is 16.8. The summed E-state index contributed by atoms with van der Waals surface area (Å²) < 4.78 is 0.548. The average molecular weight is 333 g/mol. The minimum atomic E-state index is -1.10. The zero-order valence-electron chi connectivity index (χ0n) is 9.37. The van der Waals surface area contributed by atoms with Crippen LogP contribution in [0.15, 0.2) is 22.7 Å². The van der Waals surface area contributed by atoms with Crippen LogP contribution in [0, 0.1) is 0 Å². The summed E-state index contributed by atoms with van der Waals surface area (Å²) in [6.45, 7) is 0. The molecule has 1 saturated carbocycles. The van der Waals surface area contributed by atoms with Gasteiger partial charge in [0.25, 0.3) is 5.91 Å². The SMILES string of the molecule is O=C(NC1(C(=O)O)CCC1)c1ccc(Cl)cc1Br. The van der Waals surface area contributed by atoms with Crippen LogP contribution in [0.4, 0.5) is 0 Å². The Bertz CT molecular complexity index is 514. The predicted molar refractivity (Wildman–Crippen MR) is 70.8 cm³/mol. The first-order valence-corrected chi connectivity index (χ1v) is 6.63. The molecule has 0 aromatic heterocycles. The fourth-order valence-electron chi connectivity index (χ4n) is 1.88. The van der Waals surface area contributed by atoms with Gasteiger partial charge in [-0.1, -0.05) is 11.6 Å². The molecule has 96 valence electrons. The number of hydrogen-bond acceptors (Lipinski definition) is 2. The topological polar surface area (TPSA) is 66.4 Å². The van der Waals surface area contributed by atoms with Crippen LogP contribution in [0.1, 0.15) is 29.6 Å². The lowest BCUT2D eigenvalue weighted by molar-refractivity contribution is -0.148.